The van der Waals surface area contributed by atoms with Gasteiger partial charge in [-0.3, -0.25) is 0 Å². The molecule has 1 saturated carbocycles. The summed E-state index contributed by atoms with van der Waals surface area (Å²) in [7, 11) is 3.37. The highest BCUT2D eigenvalue weighted by atomic mass is 16.5. The molecular formula is C15H23NO2. The molecular weight excluding hydrogens is 226 g/mol. The molecule has 1 aromatic carbocycles. The Balaban J connectivity index is 1.79. The molecule has 0 heterocycles. The molecule has 3 nitrogen and oxygen atoms in total. The second-order valence-corrected chi connectivity index (χ2v) is 4.98. The molecule has 3 heteroatoms. The van der Waals surface area contributed by atoms with Crippen LogP contribution in [0.3, 0.4) is 0 Å². The number of rotatable bonds is 7. The molecule has 100 valence electrons. The zero-order valence-corrected chi connectivity index (χ0v) is 11.4. The summed E-state index contributed by atoms with van der Waals surface area (Å²) in [5.41, 5.74) is 1.21. The number of methoxy groups -OCH3 is 2. The van der Waals surface area contributed by atoms with Crippen molar-refractivity contribution in [2.45, 2.75) is 32.2 Å². The lowest BCUT2D eigenvalue weighted by molar-refractivity contribution is 0.292. The molecule has 0 unspecified atom stereocenters. The fraction of sp³-hybridized carbons (Fsp3) is 0.600. The highest BCUT2D eigenvalue weighted by Gasteiger charge is 2.16. The van der Waals surface area contributed by atoms with Crippen LogP contribution in [-0.2, 0) is 6.54 Å². The number of nitrogens with one attached hydrogen (secondary N) is 1. The first kappa shape index (κ1) is 13.2. The Kier molecular flexibility index (Phi) is 4.88. The Hall–Kier alpha value is -1.22. The predicted octanol–water partition coefficient (Wildman–Crippen LogP) is 2.98. The molecule has 0 bridgehead atoms. The summed E-state index contributed by atoms with van der Waals surface area (Å²) in [4.78, 5) is 0. The molecule has 0 aromatic heterocycles. The third-order valence-corrected chi connectivity index (χ3v) is 3.69. The predicted molar refractivity (Wildman–Crippen MR) is 73.2 cm³/mol. The van der Waals surface area contributed by atoms with E-state index in [1.807, 2.05) is 6.07 Å². The van der Waals surface area contributed by atoms with Crippen molar-refractivity contribution in [3.63, 3.8) is 0 Å². The summed E-state index contributed by atoms with van der Waals surface area (Å²) in [5, 5.41) is 3.49. The Morgan fingerprint density at radius 1 is 1.11 bits per heavy atom. The van der Waals surface area contributed by atoms with Crippen molar-refractivity contribution >= 4 is 0 Å². The van der Waals surface area contributed by atoms with Crippen LogP contribution in [0.25, 0.3) is 0 Å². The van der Waals surface area contributed by atoms with Crippen LogP contribution in [0.15, 0.2) is 18.2 Å². The Bertz CT molecular complexity index is 353. The smallest absolute Gasteiger partial charge is 0.122 e. The van der Waals surface area contributed by atoms with Gasteiger partial charge in [-0.05, 0) is 36.6 Å². The summed E-state index contributed by atoms with van der Waals surface area (Å²) >= 11 is 0. The number of benzene rings is 1. The van der Waals surface area contributed by atoms with E-state index in [4.69, 9.17) is 9.47 Å². The molecule has 1 aliphatic rings. The zero-order chi connectivity index (χ0) is 12.8. The summed E-state index contributed by atoms with van der Waals surface area (Å²) < 4.78 is 10.5. The second-order valence-electron chi connectivity index (χ2n) is 4.98. The van der Waals surface area contributed by atoms with Gasteiger partial charge in [-0.1, -0.05) is 19.3 Å². The maximum Gasteiger partial charge on any atom is 0.122 e. The molecule has 0 radical (unpaired) electrons. The number of ether oxygens (including phenoxy) is 2. The summed E-state index contributed by atoms with van der Waals surface area (Å²) in [6.07, 6.45) is 5.59. The van der Waals surface area contributed by atoms with Crippen molar-refractivity contribution in [2.75, 3.05) is 20.8 Å². The van der Waals surface area contributed by atoms with Crippen LogP contribution in [0.4, 0.5) is 0 Å². The van der Waals surface area contributed by atoms with Crippen LogP contribution >= 0.6 is 0 Å². The number of hydrogen-bond acceptors (Lipinski definition) is 3. The minimum absolute atomic E-state index is 0.852. The van der Waals surface area contributed by atoms with Gasteiger partial charge in [0.1, 0.15) is 11.5 Å². The van der Waals surface area contributed by atoms with Gasteiger partial charge in [0, 0.05) is 12.6 Å². The van der Waals surface area contributed by atoms with E-state index < -0.39 is 0 Å². The van der Waals surface area contributed by atoms with Gasteiger partial charge in [-0.25, -0.2) is 0 Å². The SMILES string of the molecule is COc1cc(CNCCC2CCC2)cc(OC)c1. The number of hydrogen-bond donors (Lipinski definition) is 1. The van der Waals surface area contributed by atoms with E-state index in [-0.39, 0.29) is 0 Å². The third-order valence-electron chi connectivity index (χ3n) is 3.69. The first-order valence-corrected chi connectivity index (χ1v) is 6.74. The molecule has 1 aromatic rings. The standard InChI is InChI=1S/C15H23NO2/c1-17-14-8-13(9-15(10-14)18-2)11-16-7-6-12-4-3-5-12/h8-10,12,16H,3-7,11H2,1-2H3. The average molecular weight is 249 g/mol. The van der Waals surface area contributed by atoms with Gasteiger partial charge in [0.15, 0.2) is 0 Å². The van der Waals surface area contributed by atoms with Gasteiger partial charge in [-0.2, -0.15) is 0 Å². The third kappa shape index (κ3) is 3.64. The Labute approximate surface area is 109 Å². The van der Waals surface area contributed by atoms with Crippen molar-refractivity contribution < 1.29 is 9.47 Å². The van der Waals surface area contributed by atoms with Crippen molar-refractivity contribution in [3.05, 3.63) is 23.8 Å². The van der Waals surface area contributed by atoms with E-state index in [1.165, 1.54) is 31.2 Å². The lowest BCUT2D eigenvalue weighted by Crippen LogP contribution is -2.21. The van der Waals surface area contributed by atoms with Crippen LogP contribution in [0.2, 0.25) is 0 Å². The van der Waals surface area contributed by atoms with E-state index >= 15 is 0 Å². The van der Waals surface area contributed by atoms with Crippen LogP contribution in [0, 0.1) is 5.92 Å². The van der Waals surface area contributed by atoms with Crippen molar-refractivity contribution in [1.29, 1.82) is 0 Å². The minimum Gasteiger partial charge on any atom is -0.497 e. The maximum absolute atomic E-state index is 5.26. The van der Waals surface area contributed by atoms with E-state index in [1.54, 1.807) is 14.2 Å². The molecule has 0 amide bonds. The van der Waals surface area contributed by atoms with E-state index in [9.17, 15) is 0 Å². The highest BCUT2D eigenvalue weighted by Crippen LogP contribution is 2.28. The molecule has 0 spiro atoms. The molecule has 18 heavy (non-hydrogen) atoms. The zero-order valence-electron chi connectivity index (χ0n) is 11.4. The van der Waals surface area contributed by atoms with Crippen LogP contribution in [0.5, 0.6) is 11.5 Å². The van der Waals surface area contributed by atoms with Gasteiger partial charge in [-0.15, -0.1) is 0 Å². The molecule has 1 N–H and O–H groups in total. The fourth-order valence-electron chi connectivity index (χ4n) is 2.29. The largest absolute Gasteiger partial charge is 0.497 e. The first-order valence-electron chi connectivity index (χ1n) is 6.74. The second kappa shape index (κ2) is 6.64. The summed E-state index contributed by atoms with van der Waals surface area (Å²) in [6.45, 7) is 1.98. The minimum atomic E-state index is 0.852. The van der Waals surface area contributed by atoms with E-state index in [2.05, 4.69) is 17.4 Å². The van der Waals surface area contributed by atoms with Crippen molar-refractivity contribution in [3.8, 4) is 11.5 Å². The normalized spacial score (nSPS) is 15.2. The van der Waals surface area contributed by atoms with Gasteiger partial charge in [0.05, 0.1) is 14.2 Å². The molecule has 1 aliphatic carbocycles. The van der Waals surface area contributed by atoms with Crippen molar-refractivity contribution in [2.24, 2.45) is 5.92 Å². The quantitative estimate of drug-likeness (QED) is 0.754. The van der Waals surface area contributed by atoms with E-state index in [0.717, 1.165) is 30.5 Å². The van der Waals surface area contributed by atoms with E-state index in [0.29, 0.717) is 0 Å². The topological polar surface area (TPSA) is 30.5 Å². The van der Waals surface area contributed by atoms with Gasteiger partial charge >= 0.3 is 0 Å². The first-order chi connectivity index (χ1) is 8.81. The molecule has 0 aliphatic heterocycles. The Morgan fingerprint density at radius 2 is 1.78 bits per heavy atom. The lowest BCUT2D eigenvalue weighted by atomic mass is 9.83. The van der Waals surface area contributed by atoms with Crippen LogP contribution in [-0.4, -0.2) is 20.8 Å². The molecule has 0 atom stereocenters. The highest BCUT2D eigenvalue weighted by molar-refractivity contribution is 5.38. The van der Waals surface area contributed by atoms with Crippen LogP contribution in [0.1, 0.15) is 31.2 Å². The molecule has 0 saturated heterocycles. The summed E-state index contributed by atoms with van der Waals surface area (Å²) in [5.74, 6) is 2.67. The monoisotopic (exact) mass is 249 g/mol. The van der Waals surface area contributed by atoms with Crippen molar-refractivity contribution in [1.82, 2.24) is 5.32 Å². The Morgan fingerprint density at radius 3 is 2.28 bits per heavy atom. The molecule has 1 fully saturated rings. The van der Waals surface area contributed by atoms with Crippen LogP contribution < -0.4 is 14.8 Å². The average Bonchev–Trinajstić information content (AvgIpc) is 2.35. The molecule has 2 rings (SSSR count). The summed E-state index contributed by atoms with van der Waals surface area (Å²) in [6, 6.07) is 6.01. The van der Waals surface area contributed by atoms with Gasteiger partial charge in [0.2, 0.25) is 0 Å². The maximum atomic E-state index is 5.26. The van der Waals surface area contributed by atoms with Gasteiger partial charge < -0.3 is 14.8 Å². The fourth-order valence-corrected chi connectivity index (χ4v) is 2.29. The van der Waals surface area contributed by atoms with Gasteiger partial charge in [0.25, 0.3) is 0 Å². The lowest BCUT2D eigenvalue weighted by Gasteiger charge is -2.25.